The van der Waals surface area contributed by atoms with Gasteiger partial charge in [-0.25, -0.2) is 14.2 Å². The average Bonchev–Trinajstić information content (AvgIpc) is 3.47. The summed E-state index contributed by atoms with van der Waals surface area (Å²) in [6, 6.07) is 5.84. The van der Waals surface area contributed by atoms with Crippen LogP contribution in [0.1, 0.15) is 38.2 Å². The zero-order valence-electron chi connectivity index (χ0n) is 19.2. The van der Waals surface area contributed by atoms with E-state index in [1.165, 1.54) is 53.9 Å². The molecule has 0 spiro atoms. The van der Waals surface area contributed by atoms with Crippen LogP contribution in [0.2, 0.25) is 0 Å². The van der Waals surface area contributed by atoms with Crippen LogP contribution in [0, 0.1) is 12.7 Å². The van der Waals surface area contributed by atoms with Crippen molar-refractivity contribution < 1.29 is 28.0 Å². The summed E-state index contributed by atoms with van der Waals surface area (Å²) in [4.78, 5) is 46.1. The number of halogens is 1. The normalized spacial score (nSPS) is 13.5. The first-order valence-corrected chi connectivity index (χ1v) is 10.8. The molecule has 1 fully saturated rings. The maximum absolute atomic E-state index is 14.8. The van der Waals surface area contributed by atoms with E-state index in [0.29, 0.717) is 30.2 Å². The lowest BCUT2D eigenvalue weighted by atomic mass is 10.0. The second-order valence-electron chi connectivity index (χ2n) is 8.27. The van der Waals surface area contributed by atoms with Crippen LogP contribution in [0.25, 0.3) is 17.0 Å². The summed E-state index contributed by atoms with van der Waals surface area (Å²) >= 11 is 0. The highest BCUT2D eigenvalue weighted by Crippen LogP contribution is 2.30. The van der Waals surface area contributed by atoms with Crippen molar-refractivity contribution >= 4 is 29.2 Å². The van der Waals surface area contributed by atoms with Crippen molar-refractivity contribution in [2.24, 2.45) is 5.73 Å². The number of fused-ring (bicyclic) bond motifs is 1. The molecule has 13 heteroatoms. The van der Waals surface area contributed by atoms with Gasteiger partial charge in [0.25, 0.3) is 5.91 Å². The number of pyridine rings is 1. The Balaban J connectivity index is 1.39. The van der Waals surface area contributed by atoms with E-state index in [1.54, 1.807) is 6.07 Å². The van der Waals surface area contributed by atoms with Crippen molar-refractivity contribution in [3.05, 3.63) is 65.2 Å². The van der Waals surface area contributed by atoms with Crippen molar-refractivity contribution in [2.45, 2.75) is 12.8 Å². The Morgan fingerprint density at radius 1 is 1.25 bits per heavy atom. The van der Waals surface area contributed by atoms with E-state index in [-0.39, 0.29) is 34.3 Å². The molecule has 1 aliphatic rings. The van der Waals surface area contributed by atoms with E-state index in [0.717, 1.165) is 0 Å². The molecule has 3 N–H and O–H groups in total. The Morgan fingerprint density at radius 2 is 2.03 bits per heavy atom. The van der Waals surface area contributed by atoms with E-state index >= 15 is 0 Å². The summed E-state index contributed by atoms with van der Waals surface area (Å²) in [6.07, 6.45) is 2.31. The predicted octanol–water partition coefficient (Wildman–Crippen LogP) is 2.35. The Hall–Kier alpha value is -4.81. The topological polar surface area (TPSA) is 158 Å². The van der Waals surface area contributed by atoms with Crippen LogP contribution in [0.15, 0.2) is 41.2 Å². The van der Waals surface area contributed by atoms with Gasteiger partial charge >= 0.3 is 6.09 Å². The molecule has 1 saturated heterocycles. The molecular weight excluding hydrogens is 473 g/mol. The molecular formula is C23H20FN7O5. The summed E-state index contributed by atoms with van der Waals surface area (Å²) in [5.74, 6) is -1.51. The number of imidazole rings is 1. The third-order valence-corrected chi connectivity index (χ3v) is 5.98. The molecule has 0 aliphatic carbocycles. The molecule has 0 atom stereocenters. The van der Waals surface area contributed by atoms with Gasteiger partial charge in [0.05, 0.1) is 24.8 Å². The van der Waals surface area contributed by atoms with Crippen LogP contribution in [0.5, 0.6) is 0 Å². The summed E-state index contributed by atoms with van der Waals surface area (Å²) in [6.45, 7) is 2.26. The highest BCUT2D eigenvalue weighted by atomic mass is 19.1. The van der Waals surface area contributed by atoms with Gasteiger partial charge in [0.15, 0.2) is 0 Å². The molecule has 36 heavy (non-hydrogen) atoms. The number of nitrogens with one attached hydrogen (secondary N) is 1. The minimum atomic E-state index is -0.651. The van der Waals surface area contributed by atoms with Crippen molar-refractivity contribution in [1.29, 1.82) is 0 Å². The fraction of sp³-hybridized carbons (Fsp3) is 0.217. The Bertz CT molecular complexity index is 1520. The van der Waals surface area contributed by atoms with Gasteiger partial charge in [0, 0.05) is 36.1 Å². The Kier molecular flexibility index (Phi) is 5.59. The number of rotatable bonds is 5. The van der Waals surface area contributed by atoms with Crippen molar-refractivity contribution in [3.8, 4) is 11.4 Å². The van der Waals surface area contributed by atoms with Crippen molar-refractivity contribution in [3.63, 3.8) is 0 Å². The number of nitrogens with zero attached hydrogens (tertiary/aromatic N) is 5. The van der Waals surface area contributed by atoms with E-state index < -0.39 is 23.7 Å². The third kappa shape index (κ3) is 4.00. The number of aromatic nitrogens is 4. The van der Waals surface area contributed by atoms with E-state index in [4.69, 9.17) is 10.3 Å². The number of nitrogens with two attached hydrogens (primary N) is 1. The van der Waals surface area contributed by atoms with Gasteiger partial charge in [-0.2, -0.15) is 4.98 Å². The lowest BCUT2D eigenvalue weighted by Gasteiger charge is -2.35. The molecule has 4 aromatic rings. The summed E-state index contributed by atoms with van der Waals surface area (Å²) in [5, 5.41) is 6.61. The number of hydrogen-bond acceptors (Lipinski definition) is 8. The molecule has 12 nitrogen and oxygen atoms in total. The van der Waals surface area contributed by atoms with Gasteiger partial charge in [-0.3, -0.25) is 14.0 Å². The number of carbonyl (C=O) groups excluding carboxylic acids is 3. The van der Waals surface area contributed by atoms with Crippen LogP contribution in [-0.4, -0.2) is 62.5 Å². The van der Waals surface area contributed by atoms with Crippen LogP contribution in [0.3, 0.4) is 0 Å². The first-order chi connectivity index (χ1) is 17.2. The zero-order valence-corrected chi connectivity index (χ0v) is 19.2. The first-order valence-electron chi connectivity index (χ1n) is 10.8. The molecule has 3 amide bonds. The monoisotopic (exact) mass is 493 g/mol. The van der Waals surface area contributed by atoms with Gasteiger partial charge in [0.1, 0.15) is 17.2 Å². The molecule has 184 valence electrons. The van der Waals surface area contributed by atoms with Crippen LogP contribution in [-0.2, 0) is 4.74 Å². The molecule has 1 aliphatic heterocycles. The number of amides is 3. The lowest BCUT2D eigenvalue weighted by molar-refractivity contribution is 0.0804. The molecule has 4 heterocycles. The minimum Gasteiger partial charge on any atom is -0.453 e. The van der Waals surface area contributed by atoms with Gasteiger partial charge in [-0.15, -0.1) is 0 Å². The summed E-state index contributed by atoms with van der Waals surface area (Å²) in [5.41, 5.74) is 6.79. The number of anilines is 1. The molecule has 5 rings (SSSR count). The standard InChI is InChI=1S/C23H20FN7O5/c1-11-15(24)5-13(20-28-22(36-29-20)14-8-30(9-14)23(34)35-2)6-16(11)27-21(33)17-7-26-18-4-3-12(19(25)32)10-31(17)18/h3-7,10,14H,8-9H2,1-2H3,(H2,25,32)(H,27,33). The van der Waals surface area contributed by atoms with Crippen LogP contribution < -0.4 is 11.1 Å². The smallest absolute Gasteiger partial charge is 0.409 e. The number of hydrogen-bond donors (Lipinski definition) is 2. The molecule has 1 aromatic carbocycles. The molecule has 3 aromatic heterocycles. The molecule has 0 radical (unpaired) electrons. The molecule has 0 saturated carbocycles. The molecule has 0 unspecified atom stereocenters. The second kappa shape index (κ2) is 8.76. The Labute approximate surface area is 202 Å². The van der Waals surface area contributed by atoms with E-state index in [2.05, 4.69) is 25.2 Å². The second-order valence-corrected chi connectivity index (χ2v) is 8.27. The highest BCUT2D eigenvalue weighted by Gasteiger charge is 2.36. The van der Waals surface area contributed by atoms with Crippen LogP contribution in [0.4, 0.5) is 14.9 Å². The Morgan fingerprint density at radius 3 is 2.75 bits per heavy atom. The summed E-state index contributed by atoms with van der Waals surface area (Å²) < 4.78 is 26.2. The molecule has 0 bridgehead atoms. The largest absolute Gasteiger partial charge is 0.453 e. The van der Waals surface area contributed by atoms with Crippen LogP contribution >= 0.6 is 0 Å². The number of benzene rings is 1. The lowest BCUT2D eigenvalue weighted by Crippen LogP contribution is -2.48. The predicted molar refractivity (Wildman–Crippen MR) is 123 cm³/mol. The number of methoxy groups -OCH3 is 1. The third-order valence-electron chi connectivity index (χ3n) is 5.98. The number of primary amides is 1. The quantitative estimate of drug-likeness (QED) is 0.429. The van der Waals surface area contributed by atoms with Crippen molar-refractivity contribution in [1.82, 2.24) is 24.4 Å². The van der Waals surface area contributed by atoms with Gasteiger partial charge < -0.3 is 25.2 Å². The SMILES string of the molecule is COC(=O)N1CC(c2nc(-c3cc(F)c(C)c(NC(=O)c4cnc5ccc(C(N)=O)cn45)c3)no2)C1. The number of ether oxygens (including phenoxy) is 1. The zero-order chi connectivity index (χ0) is 25.6. The number of carbonyl (C=O) groups is 3. The van der Waals surface area contributed by atoms with Gasteiger partial charge in [0.2, 0.25) is 17.6 Å². The maximum Gasteiger partial charge on any atom is 0.409 e. The average molecular weight is 493 g/mol. The van der Waals surface area contributed by atoms with Crippen molar-refractivity contribution in [2.75, 3.05) is 25.5 Å². The first kappa shape index (κ1) is 23.0. The fourth-order valence-electron chi connectivity index (χ4n) is 3.85. The summed E-state index contributed by atoms with van der Waals surface area (Å²) in [7, 11) is 1.30. The maximum atomic E-state index is 14.8. The number of likely N-dealkylation sites (tertiary alicyclic amines) is 1. The van der Waals surface area contributed by atoms with Gasteiger partial charge in [-0.05, 0) is 31.2 Å². The fourth-order valence-corrected chi connectivity index (χ4v) is 3.85. The van der Waals surface area contributed by atoms with E-state index in [1.807, 2.05) is 0 Å². The van der Waals surface area contributed by atoms with E-state index in [9.17, 15) is 18.8 Å². The highest BCUT2D eigenvalue weighted by molar-refractivity contribution is 6.04. The minimum absolute atomic E-state index is 0.125. The van der Waals surface area contributed by atoms with Gasteiger partial charge in [-0.1, -0.05) is 5.16 Å².